The highest BCUT2D eigenvalue weighted by atomic mass is 32.2. The summed E-state index contributed by atoms with van der Waals surface area (Å²) in [4.78, 5) is 0.199. The molecule has 0 aliphatic heterocycles. The first-order valence-electron chi connectivity index (χ1n) is 4.73. The van der Waals surface area contributed by atoms with Gasteiger partial charge in [-0.25, -0.2) is 8.42 Å². The summed E-state index contributed by atoms with van der Waals surface area (Å²) < 4.78 is 26.1. The molecular formula is C11H14N2O2S. The lowest BCUT2D eigenvalue weighted by atomic mass is 10.2. The second kappa shape index (κ2) is 5.01. The van der Waals surface area contributed by atoms with Crippen LogP contribution in [0.2, 0.25) is 0 Å². The third kappa shape index (κ3) is 2.75. The molecule has 0 aliphatic rings. The molecule has 1 rings (SSSR count). The number of sulfonamides is 1. The number of anilines is 1. The molecule has 0 atom stereocenters. The molecule has 0 fully saturated rings. The SMILES string of the molecule is CC#CCNS(=O)(=O)c1cccc(N)c1C. The Hall–Kier alpha value is -1.51. The van der Waals surface area contributed by atoms with E-state index in [0.717, 1.165) is 0 Å². The fourth-order valence-corrected chi connectivity index (χ4v) is 2.42. The monoisotopic (exact) mass is 238 g/mol. The first-order valence-corrected chi connectivity index (χ1v) is 6.21. The summed E-state index contributed by atoms with van der Waals surface area (Å²) in [5.41, 5.74) is 6.67. The number of rotatable bonds is 3. The number of hydrogen-bond acceptors (Lipinski definition) is 3. The van der Waals surface area contributed by atoms with Crippen molar-refractivity contribution in [3.63, 3.8) is 0 Å². The van der Waals surface area contributed by atoms with Crippen molar-refractivity contribution in [1.29, 1.82) is 0 Å². The fourth-order valence-electron chi connectivity index (χ4n) is 1.22. The number of nitrogen functional groups attached to an aromatic ring is 1. The maximum atomic E-state index is 11.8. The van der Waals surface area contributed by atoms with E-state index in [1.54, 1.807) is 26.0 Å². The van der Waals surface area contributed by atoms with E-state index in [9.17, 15) is 8.42 Å². The predicted octanol–water partition coefficient (Wildman–Crippen LogP) is 0.879. The van der Waals surface area contributed by atoms with Crippen molar-refractivity contribution >= 4 is 15.7 Å². The molecular weight excluding hydrogens is 224 g/mol. The van der Waals surface area contributed by atoms with E-state index < -0.39 is 10.0 Å². The summed E-state index contributed by atoms with van der Waals surface area (Å²) in [6.45, 7) is 3.43. The summed E-state index contributed by atoms with van der Waals surface area (Å²) >= 11 is 0. The lowest BCUT2D eigenvalue weighted by molar-refractivity contribution is 0.585. The van der Waals surface area contributed by atoms with Crippen LogP contribution >= 0.6 is 0 Å². The van der Waals surface area contributed by atoms with Crippen molar-refractivity contribution in [1.82, 2.24) is 4.72 Å². The molecule has 0 heterocycles. The first-order chi connectivity index (χ1) is 7.49. The van der Waals surface area contributed by atoms with Gasteiger partial charge in [0.25, 0.3) is 0 Å². The molecule has 0 unspecified atom stereocenters. The van der Waals surface area contributed by atoms with Crippen LogP contribution in [0.25, 0.3) is 0 Å². The Kier molecular flexibility index (Phi) is 3.93. The smallest absolute Gasteiger partial charge is 0.241 e. The minimum absolute atomic E-state index is 0.104. The Labute approximate surface area is 95.9 Å². The molecule has 0 saturated carbocycles. The highest BCUT2D eigenvalue weighted by molar-refractivity contribution is 7.89. The molecule has 1 aromatic carbocycles. The highest BCUT2D eigenvalue weighted by Crippen LogP contribution is 2.19. The molecule has 0 aliphatic carbocycles. The minimum atomic E-state index is -3.52. The maximum Gasteiger partial charge on any atom is 0.241 e. The van der Waals surface area contributed by atoms with Crippen LogP contribution in [0.1, 0.15) is 12.5 Å². The van der Waals surface area contributed by atoms with Crippen molar-refractivity contribution in [2.45, 2.75) is 18.7 Å². The fraction of sp³-hybridized carbons (Fsp3) is 0.273. The molecule has 4 nitrogen and oxygen atoms in total. The van der Waals surface area contributed by atoms with Crippen LogP contribution < -0.4 is 10.5 Å². The van der Waals surface area contributed by atoms with Gasteiger partial charge in [0.05, 0.1) is 11.4 Å². The van der Waals surface area contributed by atoms with Gasteiger partial charge in [0.2, 0.25) is 10.0 Å². The molecule has 0 spiro atoms. The van der Waals surface area contributed by atoms with Crippen LogP contribution in [0.5, 0.6) is 0 Å². The lowest BCUT2D eigenvalue weighted by Gasteiger charge is -2.08. The van der Waals surface area contributed by atoms with Gasteiger partial charge in [-0.15, -0.1) is 5.92 Å². The topological polar surface area (TPSA) is 72.2 Å². The van der Waals surface area contributed by atoms with Crippen LogP contribution in [0.15, 0.2) is 23.1 Å². The van der Waals surface area contributed by atoms with Gasteiger partial charge in [-0.2, -0.15) is 4.72 Å². The van der Waals surface area contributed by atoms with E-state index in [4.69, 9.17) is 5.73 Å². The number of hydrogen-bond donors (Lipinski definition) is 2. The summed E-state index contributed by atoms with van der Waals surface area (Å²) in [7, 11) is -3.52. The number of nitrogens with one attached hydrogen (secondary N) is 1. The van der Waals surface area contributed by atoms with Crippen LogP contribution in [0.4, 0.5) is 5.69 Å². The molecule has 0 aromatic heterocycles. The normalized spacial score (nSPS) is 10.6. The van der Waals surface area contributed by atoms with Crippen molar-refractivity contribution in [3.05, 3.63) is 23.8 Å². The van der Waals surface area contributed by atoms with Gasteiger partial charge < -0.3 is 5.73 Å². The zero-order valence-corrected chi connectivity index (χ0v) is 10.1. The molecule has 3 N–H and O–H groups in total. The Morgan fingerprint density at radius 3 is 2.75 bits per heavy atom. The van der Waals surface area contributed by atoms with E-state index >= 15 is 0 Å². The second-order valence-corrected chi connectivity index (χ2v) is 4.96. The minimum Gasteiger partial charge on any atom is -0.398 e. The standard InChI is InChI=1S/C11H14N2O2S/c1-3-4-8-13-16(14,15)11-7-5-6-10(12)9(11)2/h5-7,13H,8,12H2,1-2H3. The van der Waals surface area contributed by atoms with Gasteiger partial charge in [-0.1, -0.05) is 12.0 Å². The van der Waals surface area contributed by atoms with Gasteiger partial charge >= 0.3 is 0 Å². The summed E-state index contributed by atoms with van der Waals surface area (Å²) in [5, 5.41) is 0. The average molecular weight is 238 g/mol. The van der Waals surface area contributed by atoms with E-state index in [1.165, 1.54) is 6.07 Å². The molecule has 0 radical (unpaired) electrons. The Balaban J connectivity index is 3.06. The zero-order chi connectivity index (χ0) is 12.2. The highest BCUT2D eigenvalue weighted by Gasteiger charge is 2.16. The van der Waals surface area contributed by atoms with Crippen molar-refractivity contribution < 1.29 is 8.42 Å². The quantitative estimate of drug-likeness (QED) is 0.606. The number of nitrogens with two attached hydrogens (primary N) is 1. The number of benzene rings is 1. The van der Waals surface area contributed by atoms with E-state index in [-0.39, 0.29) is 11.4 Å². The molecule has 1 aromatic rings. The van der Waals surface area contributed by atoms with E-state index in [0.29, 0.717) is 11.3 Å². The second-order valence-electron chi connectivity index (χ2n) is 3.22. The summed E-state index contributed by atoms with van der Waals surface area (Å²) in [5.74, 6) is 5.25. The van der Waals surface area contributed by atoms with Crippen molar-refractivity contribution in [2.75, 3.05) is 12.3 Å². The molecule has 86 valence electrons. The molecule has 16 heavy (non-hydrogen) atoms. The van der Waals surface area contributed by atoms with Gasteiger partial charge in [0.1, 0.15) is 0 Å². The van der Waals surface area contributed by atoms with Crippen molar-refractivity contribution in [3.8, 4) is 11.8 Å². The average Bonchev–Trinajstić information content (AvgIpc) is 2.22. The summed E-state index contributed by atoms with van der Waals surface area (Å²) in [6, 6.07) is 4.80. The first kappa shape index (κ1) is 12.6. The van der Waals surface area contributed by atoms with E-state index in [1.807, 2.05) is 0 Å². The van der Waals surface area contributed by atoms with Gasteiger partial charge in [0, 0.05) is 5.69 Å². The molecule has 5 heteroatoms. The molecule has 0 bridgehead atoms. The van der Waals surface area contributed by atoms with Gasteiger partial charge in [-0.05, 0) is 31.5 Å². The Morgan fingerprint density at radius 1 is 1.44 bits per heavy atom. The van der Waals surface area contributed by atoms with Gasteiger partial charge in [0.15, 0.2) is 0 Å². The molecule has 0 saturated heterocycles. The predicted molar refractivity (Wildman–Crippen MR) is 64.2 cm³/mol. The van der Waals surface area contributed by atoms with Crippen LogP contribution in [0.3, 0.4) is 0 Å². The maximum absolute atomic E-state index is 11.8. The van der Waals surface area contributed by atoms with Crippen LogP contribution in [-0.2, 0) is 10.0 Å². The third-order valence-electron chi connectivity index (χ3n) is 2.14. The Bertz CT molecular complexity index is 539. The zero-order valence-electron chi connectivity index (χ0n) is 9.24. The summed E-state index contributed by atoms with van der Waals surface area (Å²) in [6.07, 6.45) is 0. The molecule has 0 amide bonds. The Morgan fingerprint density at radius 2 is 2.12 bits per heavy atom. The lowest BCUT2D eigenvalue weighted by Crippen LogP contribution is -2.25. The van der Waals surface area contributed by atoms with E-state index in [2.05, 4.69) is 16.6 Å². The van der Waals surface area contributed by atoms with Gasteiger partial charge in [-0.3, -0.25) is 0 Å². The third-order valence-corrected chi connectivity index (χ3v) is 3.69. The largest absolute Gasteiger partial charge is 0.398 e. The van der Waals surface area contributed by atoms with Crippen molar-refractivity contribution in [2.24, 2.45) is 0 Å². The van der Waals surface area contributed by atoms with Crippen LogP contribution in [-0.4, -0.2) is 15.0 Å². The van der Waals surface area contributed by atoms with Crippen LogP contribution in [0, 0.1) is 18.8 Å².